The monoisotopic (exact) mass is 507 g/mol. The van der Waals surface area contributed by atoms with Crippen LogP contribution in [0.5, 0.6) is 0 Å². The van der Waals surface area contributed by atoms with Gasteiger partial charge in [-0.3, -0.25) is 9.69 Å². The molecule has 4 aromatic rings. The largest absolute Gasteiger partial charge is 0.477 e. The van der Waals surface area contributed by atoms with Gasteiger partial charge in [0.05, 0.1) is 41.2 Å². The van der Waals surface area contributed by atoms with Crippen LogP contribution in [0.25, 0.3) is 21.9 Å². The lowest BCUT2D eigenvalue weighted by Crippen LogP contribution is -2.49. The number of piperazine rings is 1. The van der Waals surface area contributed by atoms with Gasteiger partial charge in [0.1, 0.15) is 11.4 Å². The normalized spacial score (nSPS) is 15.5. The Labute approximate surface area is 213 Å². The number of fused-ring (bicyclic) bond motifs is 2. The predicted molar refractivity (Wildman–Crippen MR) is 140 cm³/mol. The van der Waals surface area contributed by atoms with Crippen molar-refractivity contribution in [3.8, 4) is 0 Å². The summed E-state index contributed by atoms with van der Waals surface area (Å²) in [6.45, 7) is 7.46. The summed E-state index contributed by atoms with van der Waals surface area (Å²) >= 11 is 0. The van der Waals surface area contributed by atoms with E-state index in [1.165, 1.54) is 17.3 Å². The summed E-state index contributed by atoms with van der Waals surface area (Å²) < 4.78 is 18.6. The molecule has 0 radical (unpaired) electrons. The lowest BCUT2D eigenvalue weighted by atomic mass is 10.1. The maximum absolute atomic E-state index is 15.0. The lowest BCUT2D eigenvalue weighted by Gasteiger charge is -2.37. The van der Waals surface area contributed by atoms with Crippen LogP contribution in [0, 0.1) is 19.7 Å². The van der Waals surface area contributed by atoms with Gasteiger partial charge in [0, 0.05) is 51.4 Å². The molecule has 37 heavy (non-hydrogen) atoms. The number of aromatic carboxylic acids is 1. The first-order chi connectivity index (χ1) is 17.6. The van der Waals surface area contributed by atoms with Crippen molar-refractivity contribution in [2.75, 3.05) is 37.6 Å². The summed E-state index contributed by atoms with van der Waals surface area (Å²) in [5.74, 6) is -1.89. The molecular weight excluding hydrogens is 477 g/mol. The minimum Gasteiger partial charge on any atom is -0.477 e. The first kappa shape index (κ1) is 24.9. The number of halogens is 1. The number of imidazole rings is 1. The molecule has 1 unspecified atom stereocenters. The van der Waals surface area contributed by atoms with Crippen LogP contribution in [-0.2, 0) is 13.6 Å². The number of hydrogen-bond acceptors (Lipinski definition) is 6. The highest BCUT2D eigenvalue weighted by Crippen LogP contribution is 2.26. The van der Waals surface area contributed by atoms with Crippen molar-refractivity contribution in [2.45, 2.75) is 26.5 Å². The second-order valence-corrected chi connectivity index (χ2v) is 9.87. The average Bonchev–Trinajstić information content (AvgIpc) is 3.22. The van der Waals surface area contributed by atoms with Crippen LogP contribution in [0.15, 0.2) is 41.6 Å². The molecule has 2 N–H and O–H groups in total. The topological polar surface area (TPSA) is 104 Å². The van der Waals surface area contributed by atoms with Gasteiger partial charge in [0.2, 0.25) is 5.43 Å². The second-order valence-electron chi connectivity index (χ2n) is 9.87. The van der Waals surface area contributed by atoms with Gasteiger partial charge in [-0.25, -0.2) is 14.2 Å². The third-order valence-electron chi connectivity index (χ3n) is 7.31. The van der Waals surface area contributed by atoms with Gasteiger partial charge in [-0.15, -0.1) is 0 Å². The van der Waals surface area contributed by atoms with Crippen molar-refractivity contribution in [3.05, 3.63) is 69.5 Å². The summed E-state index contributed by atoms with van der Waals surface area (Å²) in [6, 6.07) is 6.89. The highest BCUT2D eigenvalue weighted by atomic mass is 19.1. The number of nitrogens with zero attached hydrogens (tertiary/aromatic N) is 5. The Morgan fingerprint density at radius 1 is 1.05 bits per heavy atom. The molecule has 3 heterocycles. The number of carboxylic acid groups (broad SMARTS) is 1. The molecule has 1 atom stereocenters. The molecule has 1 aliphatic heterocycles. The quantitative estimate of drug-likeness (QED) is 0.413. The van der Waals surface area contributed by atoms with Gasteiger partial charge in [-0.05, 0) is 49.2 Å². The number of benzene rings is 2. The van der Waals surface area contributed by atoms with E-state index >= 15 is 4.39 Å². The molecule has 0 aliphatic carbocycles. The van der Waals surface area contributed by atoms with Crippen LogP contribution in [0.1, 0.15) is 21.5 Å². The van der Waals surface area contributed by atoms with E-state index in [2.05, 4.69) is 35.9 Å². The number of aryl methyl sites for hydroxylation is 3. The molecule has 0 bridgehead atoms. The molecule has 10 heteroatoms. The molecule has 2 aromatic carbocycles. The molecule has 2 aromatic heterocycles. The Kier molecular flexibility index (Phi) is 6.47. The zero-order chi connectivity index (χ0) is 26.4. The number of carboxylic acids is 1. The van der Waals surface area contributed by atoms with Crippen molar-refractivity contribution in [3.63, 3.8) is 0 Å². The van der Waals surface area contributed by atoms with Crippen molar-refractivity contribution in [2.24, 2.45) is 7.05 Å². The van der Waals surface area contributed by atoms with Gasteiger partial charge in [-0.2, -0.15) is 0 Å². The minimum absolute atomic E-state index is 0.0442. The van der Waals surface area contributed by atoms with Crippen LogP contribution in [-0.4, -0.2) is 74.0 Å². The Bertz CT molecular complexity index is 1570. The standard InChI is InChI=1S/C27H30FN5O4/c1-16-8-22-25(9-17(16)2)33(15-29-22)13-18(34)12-31-4-6-32(7-5-31)24-11-23-19(10-21(24)28)26(35)20(27(36)37)14-30(23)3/h8-11,14-15,18,34H,4-7,12-13H2,1-3H3,(H,36,37). The zero-order valence-electron chi connectivity index (χ0n) is 21.1. The maximum Gasteiger partial charge on any atom is 0.341 e. The minimum atomic E-state index is -1.34. The number of anilines is 1. The summed E-state index contributed by atoms with van der Waals surface area (Å²) in [5, 5.41) is 20.1. The maximum atomic E-state index is 15.0. The highest BCUT2D eigenvalue weighted by Gasteiger charge is 2.23. The molecule has 5 rings (SSSR count). The zero-order valence-corrected chi connectivity index (χ0v) is 21.1. The first-order valence-corrected chi connectivity index (χ1v) is 12.3. The van der Waals surface area contributed by atoms with Crippen LogP contribution >= 0.6 is 0 Å². The predicted octanol–water partition coefficient (Wildman–Crippen LogP) is 2.53. The van der Waals surface area contributed by atoms with Gasteiger partial charge in [0.15, 0.2) is 0 Å². The van der Waals surface area contributed by atoms with Crippen molar-refractivity contribution in [1.82, 2.24) is 19.0 Å². The number of carbonyl (C=O) groups is 1. The van der Waals surface area contributed by atoms with Gasteiger partial charge in [0.25, 0.3) is 0 Å². The number of aliphatic hydroxyl groups excluding tert-OH is 1. The summed E-state index contributed by atoms with van der Waals surface area (Å²) in [4.78, 5) is 32.4. The van der Waals surface area contributed by atoms with E-state index in [-0.39, 0.29) is 10.9 Å². The number of aromatic nitrogens is 3. The Hall–Kier alpha value is -3.76. The van der Waals surface area contributed by atoms with Crippen LogP contribution in [0.3, 0.4) is 0 Å². The van der Waals surface area contributed by atoms with Crippen molar-refractivity contribution in [1.29, 1.82) is 0 Å². The molecule has 0 saturated carbocycles. The van der Waals surface area contributed by atoms with Crippen molar-refractivity contribution < 1.29 is 19.4 Å². The molecule has 194 valence electrons. The molecule has 1 fully saturated rings. The number of aliphatic hydroxyl groups is 1. The van der Waals surface area contributed by atoms with E-state index < -0.39 is 23.3 Å². The second kappa shape index (κ2) is 9.60. The van der Waals surface area contributed by atoms with Gasteiger partial charge >= 0.3 is 5.97 Å². The smallest absolute Gasteiger partial charge is 0.341 e. The fourth-order valence-corrected chi connectivity index (χ4v) is 5.10. The van der Waals surface area contributed by atoms with Crippen LogP contribution in [0.4, 0.5) is 10.1 Å². The average molecular weight is 508 g/mol. The molecule has 9 nitrogen and oxygen atoms in total. The number of β-amino-alcohol motifs (C(OH)–C–C–N with tert-alkyl or cyclic N) is 1. The lowest BCUT2D eigenvalue weighted by molar-refractivity contribution is 0.0695. The summed E-state index contributed by atoms with van der Waals surface area (Å²) in [6.07, 6.45) is 2.45. The molecular formula is C27H30FN5O4. The number of pyridine rings is 1. The fraction of sp³-hybridized carbons (Fsp3) is 0.370. The van der Waals surface area contributed by atoms with Crippen molar-refractivity contribution >= 4 is 33.6 Å². The van der Waals surface area contributed by atoms with E-state index in [1.54, 1.807) is 24.0 Å². The molecule has 0 spiro atoms. The molecule has 0 amide bonds. The van der Waals surface area contributed by atoms with E-state index in [0.29, 0.717) is 50.5 Å². The Morgan fingerprint density at radius 2 is 1.76 bits per heavy atom. The van der Waals surface area contributed by atoms with Gasteiger partial charge < -0.3 is 24.2 Å². The molecule has 1 aliphatic rings. The van der Waals surface area contributed by atoms with E-state index in [9.17, 15) is 19.8 Å². The fourth-order valence-electron chi connectivity index (χ4n) is 5.10. The summed E-state index contributed by atoms with van der Waals surface area (Å²) in [5.41, 5.74) is 4.06. The number of rotatable bonds is 6. The number of hydrogen-bond donors (Lipinski definition) is 2. The van der Waals surface area contributed by atoms with E-state index in [4.69, 9.17) is 0 Å². The SMILES string of the molecule is Cc1cc2ncn(CC(O)CN3CCN(c4cc5c(cc4F)c(=O)c(C(=O)O)cn5C)CC3)c2cc1C. The third-order valence-corrected chi connectivity index (χ3v) is 7.31. The van der Waals surface area contributed by atoms with E-state index in [1.807, 2.05) is 9.47 Å². The van der Waals surface area contributed by atoms with E-state index in [0.717, 1.165) is 17.1 Å². The van der Waals surface area contributed by atoms with Crippen LogP contribution < -0.4 is 10.3 Å². The first-order valence-electron chi connectivity index (χ1n) is 12.3. The highest BCUT2D eigenvalue weighted by molar-refractivity contribution is 5.93. The summed E-state index contributed by atoms with van der Waals surface area (Å²) in [7, 11) is 1.64. The third kappa shape index (κ3) is 4.70. The Morgan fingerprint density at radius 3 is 2.46 bits per heavy atom. The Balaban J connectivity index is 1.26. The van der Waals surface area contributed by atoms with Crippen LogP contribution in [0.2, 0.25) is 0 Å². The van der Waals surface area contributed by atoms with Gasteiger partial charge in [-0.1, -0.05) is 0 Å². The molecule has 1 saturated heterocycles.